The first-order valence-electron chi connectivity index (χ1n) is 16.9. The molecule has 1 saturated heterocycles. The van der Waals surface area contributed by atoms with E-state index in [2.05, 4.69) is 82.7 Å². The number of benzene rings is 1. The van der Waals surface area contributed by atoms with E-state index in [1.807, 2.05) is 27.2 Å². The molecule has 13 nitrogen and oxygen atoms in total. The van der Waals surface area contributed by atoms with Crippen LogP contribution in [-0.2, 0) is 24.9 Å². The van der Waals surface area contributed by atoms with Gasteiger partial charge in [-0.3, -0.25) is 19.6 Å². The number of nitro groups is 1. The van der Waals surface area contributed by atoms with E-state index in [0.29, 0.717) is 33.3 Å². The number of halogens is 1. The van der Waals surface area contributed by atoms with E-state index in [1.165, 1.54) is 17.3 Å². The van der Waals surface area contributed by atoms with Crippen LogP contribution in [0.4, 0.5) is 16.3 Å². The summed E-state index contributed by atoms with van der Waals surface area (Å²) in [7, 11) is -4.26. The first kappa shape index (κ1) is 40.3. The van der Waals surface area contributed by atoms with Gasteiger partial charge in [-0.25, -0.2) is 19.7 Å². The van der Waals surface area contributed by atoms with Crippen LogP contribution in [-0.4, -0.2) is 71.6 Å². The number of carbonyl (C=O) groups excluding carboxylic acids is 1. The van der Waals surface area contributed by atoms with Crippen molar-refractivity contribution in [3.8, 4) is 0 Å². The van der Waals surface area contributed by atoms with Crippen LogP contribution in [0.15, 0.2) is 30.9 Å². The molecule has 2 aromatic heterocycles. The van der Waals surface area contributed by atoms with Crippen LogP contribution in [0.2, 0.25) is 36.3 Å². The summed E-state index contributed by atoms with van der Waals surface area (Å²) >= 11 is 2.02. The van der Waals surface area contributed by atoms with E-state index in [9.17, 15) is 14.9 Å². The molecule has 0 radical (unpaired) electrons. The van der Waals surface area contributed by atoms with Gasteiger partial charge < -0.3 is 18.3 Å². The van der Waals surface area contributed by atoms with Gasteiger partial charge in [0, 0.05) is 21.6 Å². The Morgan fingerprint density at radius 1 is 1.04 bits per heavy atom. The van der Waals surface area contributed by atoms with Crippen LogP contribution in [0, 0.1) is 13.7 Å². The van der Waals surface area contributed by atoms with Gasteiger partial charge in [-0.05, 0) is 91.8 Å². The molecular weight excluding hydrogens is 787 g/mol. The summed E-state index contributed by atoms with van der Waals surface area (Å²) in [6, 6.07) is 4.86. The molecule has 3 atom stereocenters. The summed E-state index contributed by atoms with van der Waals surface area (Å²) in [5.74, 6) is 0.167. The van der Waals surface area contributed by atoms with E-state index in [-0.39, 0.29) is 40.3 Å². The molecule has 0 aliphatic carbocycles. The number of anilines is 1. The van der Waals surface area contributed by atoms with Crippen molar-refractivity contribution in [3.05, 3.63) is 50.1 Å². The lowest BCUT2D eigenvalue weighted by atomic mass is 10.1. The molecule has 4 rings (SSSR count). The summed E-state index contributed by atoms with van der Waals surface area (Å²) in [6.45, 7) is 27.7. The van der Waals surface area contributed by atoms with E-state index in [1.54, 1.807) is 39.2 Å². The average Bonchev–Trinajstić information content (AvgIpc) is 3.57. The topological polar surface area (TPSA) is 144 Å². The zero-order valence-electron chi connectivity index (χ0n) is 31.7. The van der Waals surface area contributed by atoms with Gasteiger partial charge in [0.05, 0.1) is 30.5 Å². The summed E-state index contributed by atoms with van der Waals surface area (Å²) < 4.78 is 28.7. The molecule has 1 aliphatic rings. The predicted molar refractivity (Wildman–Crippen MR) is 207 cm³/mol. The maximum absolute atomic E-state index is 13.7. The van der Waals surface area contributed by atoms with Gasteiger partial charge in [0.15, 0.2) is 33.6 Å². The van der Waals surface area contributed by atoms with Crippen molar-refractivity contribution in [2.24, 2.45) is 0 Å². The molecule has 0 saturated carbocycles. The highest BCUT2D eigenvalue weighted by Crippen LogP contribution is 2.43. The Bertz CT molecular complexity index is 1710. The standard InChI is InChI=1S/C34H53IN6O7Si2/c1-32(2,3)47-31(42)39(18-22-14-15-23(35)16-24(22)41(43)44)29-28-30(37-20-36-29)40(21-38-28)27-17-25(48-50(12,13)34(7,8)9)26(46-27)19-45-49(10,11)33(4,5)6/h14-16,20-21,25-27H,17-19H2,1-13H3/t25-,26-,27-/m1/s1. The predicted octanol–water partition coefficient (Wildman–Crippen LogP) is 8.98. The summed E-state index contributed by atoms with van der Waals surface area (Å²) in [5, 5.41) is 12.0. The maximum Gasteiger partial charge on any atom is 0.416 e. The van der Waals surface area contributed by atoms with Crippen LogP contribution >= 0.6 is 22.6 Å². The molecule has 0 unspecified atom stereocenters. The number of amides is 1. The van der Waals surface area contributed by atoms with Crippen molar-refractivity contribution in [1.29, 1.82) is 0 Å². The van der Waals surface area contributed by atoms with Crippen molar-refractivity contribution >= 4 is 68.0 Å². The average molecular weight is 841 g/mol. The number of hydrogen-bond donors (Lipinski definition) is 0. The number of rotatable bonds is 10. The van der Waals surface area contributed by atoms with Crippen LogP contribution < -0.4 is 4.90 Å². The quantitative estimate of drug-likeness (QED) is 0.0840. The fraction of sp³-hybridized carbons (Fsp3) is 0.647. The number of imidazole rings is 1. The second-order valence-corrected chi connectivity index (χ2v) is 27.8. The maximum atomic E-state index is 13.7. The van der Waals surface area contributed by atoms with Crippen molar-refractivity contribution < 1.29 is 28.0 Å². The van der Waals surface area contributed by atoms with Crippen LogP contribution in [0.5, 0.6) is 0 Å². The lowest BCUT2D eigenvalue weighted by Gasteiger charge is -2.40. The fourth-order valence-electron chi connectivity index (χ4n) is 5.01. The minimum absolute atomic E-state index is 0.00300. The number of hydrogen-bond acceptors (Lipinski definition) is 10. The number of aromatic nitrogens is 4. The van der Waals surface area contributed by atoms with Gasteiger partial charge in [0.25, 0.3) is 5.69 Å². The number of ether oxygens (including phenoxy) is 2. The van der Waals surface area contributed by atoms with E-state index < -0.39 is 39.5 Å². The molecule has 1 aromatic carbocycles. The van der Waals surface area contributed by atoms with E-state index >= 15 is 0 Å². The van der Waals surface area contributed by atoms with Crippen LogP contribution in [0.3, 0.4) is 0 Å². The lowest BCUT2D eigenvalue weighted by Crippen LogP contribution is -2.48. The normalized spacial score (nSPS) is 19.2. The Kier molecular flexibility index (Phi) is 11.7. The van der Waals surface area contributed by atoms with E-state index in [0.717, 1.165) is 0 Å². The SMILES string of the molecule is CC(C)(C)OC(=O)N(Cc1ccc(I)cc1[N+](=O)[O-])c1ncnc2c1ncn2[C@H]1C[C@@H](O[Si](C)(C)C(C)(C)C)[C@@H](CO[Si](C)(C)C(C)(C)C)O1. The number of nitrogens with zero attached hydrogens (tertiary/aromatic N) is 6. The minimum Gasteiger partial charge on any atom is -0.443 e. The molecule has 16 heteroatoms. The number of nitro benzene ring substituents is 1. The van der Waals surface area contributed by atoms with Gasteiger partial charge in [-0.2, -0.15) is 0 Å². The molecule has 3 heterocycles. The highest BCUT2D eigenvalue weighted by molar-refractivity contribution is 14.1. The Morgan fingerprint density at radius 3 is 2.26 bits per heavy atom. The second-order valence-electron chi connectivity index (χ2n) is 17.0. The molecule has 50 heavy (non-hydrogen) atoms. The zero-order valence-corrected chi connectivity index (χ0v) is 35.8. The van der Waals surface area contributed by atoms with Gasteiger partial charge in [0.1, 0.15) is 24.3 Å². The van der Waals surface area contributed by atoms with Crippen molar-refractivity contribution in [2.75, 3.05) is 11.5 Å². The summed E-state index contributed by atoms with van der Waals surface area (Å²) in [6.07, 6.45) is 1.81. The molecule has 1 aliphatic heterocycles. The molecule has 0 bridgehead atoms. The molecule has 276 valence electrons. The second kappa shape index (κ2) is 14.5. The van der Waals surface area contributed by atoms with Crippen molar-refractivity contribution in [1.82, 2.24) is 19.5 Å². The summed E-state index contributed by atoms with van der Waals surface area (Å²) in [5.41, 5.74) is 0.152. The fourth-order valence-corrected chi connectivity index (χ4v) is 7.86. The Labute approximate surface area is 311 Å². The van der Waals surface area contributed by atoms with Crippen molar-refractivity contribution in [3.63, 3.8) is 0 Å². The zero-order chi connectivity index (χ0) is 37.6. The first-order valence-corrected chi connectivity index (χ1v) is 23.8. The first-order chi connectivity index (χ1) is 22.8. The molecule has 3 aromatic rings. The van der Waals surface area contributed by atoms with Crippen molar-refractivity contribution in [2.45, 2.75) is 136 Å². The highest BCUT2D eigenvalue weighted by Gasteiger charge is 2.47. The molecule has 0 spiro atoms. The molecule has 1 fully saturated rings. The Morgan fingerprint density at radius 2 is 1.68 bits per heavy atom. The minimum atomic E-state index is -2.18. The monoisotopic (exact) mass is 840 g/mol. The highest BCUT2D eigenvalue weighted by atomic mass is 127. The Balaban J connectivity index is 1.74. The summed E-state index contributed by atoms with van der Waals surface area (Å²) in [4.78, 5) is 40.3. The third-order valence-corrected chi connectivity index (χ3v) is 19.6. The van der Waals surface area contributed by atoms with Gasteiger partial charge in [-0.1, -0.05) is 41.5 Å². The number of carbonyl (C=O) groups is 1. The van der Waals surface area contributed by atoms with Gasteiger partial charge >= 0.3 is 6.09 Å². The van der Waals surface area contributed by atoms with Gasteiger partial charge in [0.2, 0.25) is 0 Å². The molecule has 1 amide bonds. The number of fused-ring (bicyclic) bond motifs is 1. The largest absolute Gasteiger partial charge is 0.443 e. The third-order valence-electron chi connectivity index (χ3n) is 9.94. The Hall–Kier alpha value is -2.52. The molecule has 0 N–H and O–H groups in total. The van der Waals surface area contributed by atoms with E-state index in [4.69, 9.17) is 18.3 Å². The van der Waals surface area contributed by atoms with Crippen LogP contribution in [0.25, 0.3) is 11.2 Å². The van der Waals surface area contributed by atoms with Crippen LogP contribution in [0.1, 0.15) is 80.5 Å². The molecular formula is C34H53IN6O7Si2. The third kappa shape index (κ3) is 9.09. The lowest BCUT2D eigenvalue weighted by molar-refractivity contribution is -0.385. The smallest absolute Gasteiger partial charge is 0.416 e. The van der Waals surface area contributed by atoms with Gasteiger partial charge in [-0.15, -0.1) is 0 Å².